The van der Waals surface area contributed by atoms with Crippen LogP contribution in [0.5, 0.6) is 0 Å². The molecule has 1 aliphatic rings. The molecular formula is C45H32N4S. The van der Waals surface area contributed by atoms with Gasteiger partial charge in [0.2, 0.25) is 0 Å². The molecule has 0 bridgehead atoms. The molecular weight excluding hydrogens is 629 g/mol. The number of rotatable bonds is 6. The lowest BCUT2D eigenvalue weighted by atomic mass is 9.96. The number of benzene rings is 6. The molecule has 3 heterocycles. The van der Waals surface area contributed by atoms with Gasteiger partial charge in [0.1, 0.15) is 0 Å². The summed E-state index contributed by atoms with van der Waals surface area (Å²) in [7, 11) is 0. The number of pyridine rings is 1. The second-order valence-electron chi connectivity index (χ2n) is 12.6. The minimum atomic E-state index is 0.453. The van der Waals surface area contributed by atoms with E-state index in [9.17, 15) is 0 Å². The number of aliphatic imine (C=N–C) groups is 2. The Morgan fingerprint density at radius 1 is 0.680 bits per heavy atom. The highest BCUT2D eigenvalue weighted by atomic mass is 32.1. The smallest absolute Gasteiger partial charge is 0.154 e. The molecule has 0 radical (unpaired) electrons. The first-order valence-electron chi connectivity index (χ1n) is 16.8. The van der Waals surface area contributed by atoms with Crippen LogP contribution in [0, 0.1) is 0 Å². The lowest BCUT2D eigenvalue weighted by Gasteiger charge is -2.16. The minimum Gasteiger partial charge on any atom is -0.379 e. The molecule has 2 aromatic heterocycles. The third-order valence-electron chi connectivity index (χ3n) is 9.40. The number of nitrogens with one attached hydrogen (secondary N) is 1. The lowest BCUT2D eigenvalue weighted by molar-refractivity contribution is 1.06. The second-order valence-corrected chi connectivity index (χ2v) is 13.6. The van der Waals surface area contributed by atoms with Gasteiger partial charge in [-0.05, 0) is 82.6 Å². The molecule has 0 unspecified atom stereocenters. The molecule has 6 aromatic carbocycles. The van der Waals surface area contributed by atoms with Crippen LogP contribution in [0.2, 0.25) is 0 Å². The Morgan fingerprint density at radius 3 is 2.32 bits per heavy atom. The molecule has 1 N–H and O–H groups in total. The van der Waals surface area contributed by atoms with Gasteiger partial charge in [0.25, 0.3) is 0 Å². The number of nitrogens with zero attached hydrogens (tertiary/aromatic N) is 3. The van der Waals surface area contributed by atoms with Crippen LogP contribution in [-0.4, -0.2) is 24.1 Å². The highest BCUT2D eigenvalue weighted by molar-refractivity contribution is 7.25. The van der Waals surface area contributed by atoms with Gasteiger partial charge < -0.3 is 5.32 Å². The molecule has 0 atom stereocenters. The summed E-state index contributed by atoms with van der Waals surface area (Å²) in [5, 5.41) is 7.23. The molecule has 238 valence electrons. The number of hydrogen-bond acceptors (Lipinski definition) is 4. The van der Waals surface area contributed by atoms with Crippen molar-refractivity contribution in [1.82, 2.24) is 4.98 Å². The van der Waals surface area contributed by atoms with E-state index >= 15 is 0 Å². The van der Waals surface area contributed by atoms with Crippen molar-refractivity contribution in [2.24, 2.45) is 9.98 Å². The van der Waals surface area contributed by atoms with Gasteiger partial charge in [-0.3, -0.25) is 4.99 Å². The van der Waals surface area contributed by atoms with E-state index < -0.39 is 0 Å². The largest absolute Gasteiger partial charge is 0.379 e. The van der Waals surface area contributed by atoms with Gasteiger partial charge in [0, 0.05) is 43.2 Å². The maximum atomic E-state index is 5.25. The summed E-state index contributed by atoms with van der Waals surface area (Å²) in [6.45, 7) is 5.12. The quantitative estimate of drug-likeness (QED) is 0.143. The number of thiophene rings is 1. The summed E-state index contributed by atoms with van der Waals surface area (Å²) in [4.78, 5) is 14.6. The SMILES string of the molecule is C=NC(=NCc1cc(-c2ccc3sc4ccccc4c3c2)cc(-c2ccc3ccc4c(c3n2)NCC=C4)c1)c1ccc(-c2ccccc2)cc1. The molecule has 9 rings (SSSR count). The van der Waals surface area contributed by atoms with Gasteiger partial charge in [0.15, 0.2) is 5.84 Å². The molecule has 50 heavy (non-hydrogen) atoms. The van der Waals surface area contributed by atoms with E-state index in [-0.39, 0.29) is 0 Å². The van der Waals surface area contributed by atoms with Crippen LogP contribution in [-0.2, 0) is 6.54 Å². The monoisotopic (exact) mass is 660 g/mol. The Bertz CT molecular complexity index is 2630. The van der Waals surface area contributed by atoms with Crippen molar-refractivity contribution in [3.05, 3.63) is 162 Å². The van der Waals surface area contributed by atoms with Crippen molar-refractivity contribution in [3.8, 4) is 33.5 Å². The van der Waals surface area contributed by atoms with E-state index in [4.69, 9.17) is 9.98 Å². The van der Waals surface area contributed by atoms with Crippen molar-refractivity contribution >= 4 is 66.7 Å². The van der Waals surface area contributed by atoms with E-state index in [2.05, 4.69) is 163 Å². The van der Waals surface area contributed by atoms with E-state index in [1.54, 1.807) is 0 Å². The summed E-state index contributed by atoms with van der Waals surface area (Å²) in [6.07, 6.45) is 4.31. The molecule has 8 aromatic rings. The van der Waals surface area contributed by atoms with Crippen molar-refractivity contribution in [2.75, 3.05) is 11.9 Å². The fourth-order valence-corrected chi connectivity index (χ4v) is 7.97. The van der Waals surface area contributed by atoms with Crippen molar-refractivity contribution < 1.29 is 0 Å². The van der Waals surface area contributed by atoms with Gasteiger partial charge >= 0.3 is 0 Å². The lowest BCUT2D eigenvalue weighted by Crippen LogP contribution is -2.05. The molecule has 4 nitrogen and oxygen atoms in total. The van der Waals surface area contributed by atoms with Crippen LogP contribution in [0.4, 0.5) is 5.69 Å². The fourth-order valence-electron chi connectivity index (χ4n) is 6.88. The Labute approximate surface area is 294 Å². The molecule has 5 heteroatoms. The number of hydrogen-bond donors (Lipinski definition) is 1. The maximum absolute atomic E-state index is 5.25. The summed E-state index contributed by atoms with van der Waals surface area (Å²) in [5.74, 6) is 0.623. The van der Waals surface area contributed by atoms with E-state index in [1.165, 1.54) is 25.7 Å². The average Bonchev–Trinajstić information content (AvgIpc) is 3.56. The van der Waals surface area contributed by atoms with Crippen molar-refractivity contribution in [2.45, 2.75) is 6.54 Å². The van der Waals surface area contributed by atoms with Crippen LogP contribution >= 0.6 is 11.3 Å². The van der Waals surface area contributed by atoms with Crippen molar-refractivity contribution in [3.63, 3.8) is 0 Å². The molecule has 0 fully saturated rings. The third-order valence-corrected chi connectivity index (χ3v) is 10.6. The predicted octanol–water partition coefficient (Wildman–Crippen LogP) is 11.7. The van der Waals surface area contributed by atoms with E-state index in [0.717, 1.165) is 67.8 Å². The van der Waals surface area contributed by atoms with Crippen LogP contribution in [0.3, 0.4) is 0 Å². The molecule has 0 saturated heterocycles. The topological polar surface area (TPSA) is 49.6 Å². The highest BCUT2D eigenvalue weighted by Crippen LogP contribution is 2.38. The number of aromatic nitrogens is 1. The first-order valence-corrected chi connectivity index (χ1v) is 17.6. The van der Waals surface area contributed by atoms with E-state index in [0.29, 0.717) is 12.4 Å². The zero-order valence-electron chi connectivity index (χ0n) is 27.3. The highest BCUT2D eigenvalue weighted by Gasteiger charge is 2.14. The maximum Gasteiger partial charge on any atom is 0.154 e. The summed E-state index contributed by atoms with van der Waals surface area (Å²) >= 11 is 1.84. The summed E-state index contributed by atoms with van der Waals surface area (Å²) in [5.41, 5.74) is 11.8. The third kappa shape index (κ3) is 5.58. The zero-order chi connectivity index (χ0) is 33.4. The molecule has 0 amide bonds. The fraction of sp³-hybridized carbons (Fsp3) is 0.0444. The first-order chi connectivity index (χ1) is 24.7. The number of fused-ring (bicyclic) bond motifs is 6. The molecule has 0 saturated carbocycles. The van der Waals surface area contributed by atoms with Gasteiger partial charge in [-0.1, -0.05) is 109 Å². The van der Waals surface area contributed by atoms with Gasteiger partial charge in [-0.15, -0.1) is 11.3 Å². The van der Waals surface area contributed by atoms with Crippen molar-refractivity contribution in [1.29, 1.82) is 0 Å². The summed E-state index contributed by atoms with van der Waals surface area (Å²) in [6, 6.07) is 49.5. The van der Waals surface area contributed by atoms with Crippen LogP contribution in [0.15, 0.2) is 156 Å². The van der Waals surface area contributed by atoms with Crippen LogP contribution in [0.25, 0.3) is 70.7 Å². The van der Waals surface area contributed by atoms with Gasteiger partial charge in [-0.25, -0.2) is 9.98 Å². The number of amidine groups is 1. The number of anilines is 1. The Kier molecular flexibility index (Phi) is 7.60. The van der Waals surface area contributed by atoms with Gasteiger partial charge in [0.05, 0.1) is 23.4 Å². The minimum absolute atomic E-state index is 0.453. The zero-order valence-corrected chi connectivity index (χ0v) is 28.1. The standard InChI is InChI=1S/C45H32N4S/c1-46-45(34-17-13-31(14-18-34)30-8-3-2-4-9-30)48-28-29-24-36(35-20-22-42-39(27-35)38-11-5-6-12-41(38)50-42)26-37(25-29)40-21-19-33-16-15-32-10-7-23-47-43(32)44(33)49-40/h2-22,24-27,47H,1,23,28H2. The normalized spacial score (nSPS) is 12.7. The molecule has 0 aliphatic carbocycles. The Hall–Kier alpha value is -6.17. The Balaban J connectivity index is 1.14. The molecule has 1 aliphatic heterocycles. The predicted molar refractivity (Wildman–Crippen MR) is 215 cm³/mol. The average molecular weight is 661 g/mol. The van der Waals surface area contributed by atoms with E-state index in [1.807, 2.05) is 17.4 Å². The van der Waals surface area contributed by atoms with Crippen LogP contribution in [0.1, 0.15) is 16.7 Å². The molecule has 0 spiro atoms. The first kappa shape index (κ1) is 29.9. The second kappa shape index (κ2) is 12.7. The van der Waals surface area contributed by atoms with Gasteiger partial charge in [-0.2, -0.15) is 0 Å². The van der Waals surface area contributed by atoms with Crippen LogP contribution < -0.4 is 5.32 Å². The Morgan fingerprint density at radius 2 is 1.44 bits per heavy atom. The summed E-state index contributed by atoms with van der Waals surface area (Å²) < 4.78 is 2.59.